The zero-order valence-electron chi connectivity index (χ0n) is 13.8. The van der Waals surface area contributed by atoms with Gasteiger partial charge >= 0.3 is 0 Å². The highest BCUT2D eigenvalue weighted by Crippen LogP contribution is 2.24. The van der Waals surface area contributed by atoms with Crippen LogP contribution in [0, 0.1) is 0 Å². The molecule has 1 heterocycles. The number of hydrogen-bond donors (Lipinski definition) is 1. The number of methoxy groups -OCH3 is 1. The molecule has 1 aliphatic carbocycles. The smallest absolute Gasteiger partial charge is 0.129 e. The van der Waals surface area contributed by atoms with E-state index in [9.17, 15) is 0 Å². The third kappa shape index (κ3) is 5.81. The molecule has 0 aliphatic heterocycles. The summed E-state index contributed by atoms with van der Waals surface area (Å²) in [6.07, 6.45) is 6.92. The largest absolute Gasteiger partial charge is 0.467 e. The number of nitrogens with one attached hydrogen (secondary N) is 1. The first-order chi connectivity index (χ1) is 9.96. The Labute approximate surface area is 128 Å². The summed E-state index contributed by atoms with van der Waals surface area (Å²) >= 11 is 0. The van der Waals surface area contributed by atoms with E-state index < -0.39 is 0 Å². The van der Waals surface area contributed by atoms with Crippen LogP contribution in [0.15, 0.2) is 16.7 Å². The Bertz CT molecular complexity index is 422. The van der Waals surface area contributed by atoms with E-state index in [-0.39, 0.29) is 5.54 Å². The van der Waals surface area contributed by atoms with Gasteiger partial charge in [-0.15, -0.1) is 0 Å². The molecule has 21 heavy (non-hydrogen) atoms. The lowest BCUT2D eigenvalue weighted by Gasteiger charge is -2.27. The third-order valence-electron chi connectivity index (χ3n) is 3.90. The lowest BCUT2D eigenvalue weighted by molar-refractivity contribution is -0.0405. The number of furan rings is 1. The van der Waals surface area contributed by atoms with E-state index in [0.29, 0.717) is 18.8 Å². The van der Waals surface area contributed by atoms with Gasteiger partial charge in [0.05, 0.1) is 18.5 Å². The molecule has 2 unspecified atom stereocenters. The van der Waals surface area contributed by atoms with Crippen molar-refractivity contribution in [3.8, 4) is 0 Å². The van der Waals surface area contributed by atoms with Crippen LogP contribution in [0.5, 0.6) is 0 Å². The molecular formula is C17H29NO3. The molecule has 4 nitrogen and oxygen atoms in total. The van der Waals surface area contributed by atoms with Crippen molar-refractivity contribution in [2.45, 2.75) is 77.4 Å². The standard InChI is InChI=1S/C17H29NO3/c1-17(2,3)18-10-13-8-16(20-11-13)12-21-15-7-5-6-14(9-15)19-4/h8,11,14-15,18H,5-7,9-10,12H2,1-4H3. The van der Waals surface area contributed by atoms with Crippen molar-refractivity contribution in [2.24, 2.45) is 0 Å². The van der Waals surface area contributed by atoms with E-state index in [4.69, 9.17) is 13.9 Å². The first-order valence-electron chi connectivity index (χ1n) is 7.92. The van der Waals surface area contributed by atoms with Gasteiger partial charge in [0.2, 0.25) is 0 Å². The maximum atomic E-state index is 5.97. The Morgan fingerprint density at radius 3 is 2.76 bits per heavy atom. The molecule has 1 aromatic heterocycles. The van der Waals surface area contributed by atoms with E-state index in [1.807, 2.05) is 6.26 Å². The first-order valence-corrected chi connectivity index (χ1v) is 7.92. The van der Waals surface area contributed by atoms with Gasteiger partial charge in [0.1, 0.15) is 12.4 Å². The maximum absolute atomic E-state index is 5.97. The van der Waals surface area contributed by atoms with Crippen LogP contribution in [0.2, 0.25) is 0 Å². The molecule has 0 bridgehead atoms. The Hall–Kier alpha value is -0.840. The lowest BCUT2D eigenvalue weighted by atomic mass is 9.95. The molecule has 0 aromatic carbocycles. The monoisotopic (exact) mass is 295 g/mol. The quantitative estimate of drug-likeness (QED) is 0.870. The Morgan fingerprint density at radius 1 is 1.29 bits per heavy atom. The van der Waals surface area contributed by atoms with Crippen molar-refractivity contribution in [1.82, 2.24) is 5.32 Å². The fourth-order valence-electron chi connectivity index (χ4n) is 2.63. The van der Waals surface area contributed by atoms with Gasteiger partial charge in [0, 0.05) is 24.8 Å². The lowest BCUT2D eigenvalue weighted by Crippen LogP contribution is -2.34. The highest BCUT2D eigenvalue weighted by atomic mass is 16.5. The van der Waals surface area contributed by atoms with Crippen molar-refractivity contribution in [1.29, 1.82) is 0 Å². The van der Waals surface area contributed by atoms with Crippen LogP contribution >= 0.6 is 0 Å². The molecule has 0 spiro atoms. The van der Waals surface area contributed by atoms with Crippen LogP contribution < -0.4 is 5.32 Å². The maximum Gasteiger partial charge on any atom is 0.129 e. The highest BCUT2D eigenvalue weighted by molar-refractivity contribution is 5.12. The molecular weight excluding hydrogens is 266 g/mol. The van der Waals surface area contributed by atoms with E-state index in [1.165, 1.54) is 12.0 Å². The molecule has 1 aliphatic rings. The number of rotatable bonds is 6. The van der Waals surface area contributed by atoms with Crippen molar-refractivity contribution in [2.75, 3.05) is 7.11 Å². The van der Waals surface area contributed by atoms with Gasteiger partial charge in [-0.1, -0.05) is 0 Å². The van der Waals surface area contributed by atoms with Crippen LogP contribution in [-0.2, 0) is 22.6 Å². The molecule has 0 saturated heterocycles. The topological polar surface area (TPSA) is 43.6 Å². The van der Waals surface area contributed by atoms with Gasteiger partial charge in [-0.2, -0.15) is 0 Å². The van der Waals surface area contributed by atoms with E-state index in [2.05, 4.69) is 32.2 Å². The summed E-state index contributed by atoms with van der Waals surface area (Å²) in [6.45, 7) is 7.85. The Morgan fingerprint density at radius 2 is 2.05 bits per heavy atom. The fraction of sp³-hybridized carbons (Fsp3) is 0.765. The second-order valence-electron chi connectivity index (χ2n) is 6.98. The average molecular weight is 295 g/mol. The molecule has 2 atom stereocenters. The van der Waals surface area contributed by atoms with Crippen LogP contribution in [0.3, 0.4) is 0 Å². The summed E-state index contributed by atoms with van der Waals surface area (Å²) in [5.41, 5.74) is 1.28. The van der Waals surface area contributed by atoms with Crippen molar-refractivity contribution >= 4 is 0 Å². The zero-order valence-corrected chi connectivity index (χ0v) is 13.8. The van der Waals surface area contributed by atoms with Crippen LogP contribution in [0.25, 0.3) is 0 Å². The van der Waals surface area contributed by atoms with E-state index >= 15 is 0 Å². The second-order valence-corrected chi connectivity index (χ2v) is 6.98. The van der Waals surface area contributed by atoms with Gasteiger partial charge in [0.25, 0.3) is 0 Å². The third-order valence-corrected chi connectivity index (χ3v) is 3.90. The minimum Gasteiger partial charge on any atom is -0.467 e. The second kappa shape index (κ2) is 7.43. The molecule has 1 N–H and O–H groups in total. The molecule has 1 saturated carbocycles. The minimum absolute atomic E-state index is 0.116. The normalized spacial score (nSPS) is 23.4. The van der Waals surface area contributed by atoms with Crippen molar-refractivity contribution in [3.05, 3.63) is 23.7 Å². The van der Waals surface area contributed by atoms with Crippen LogP contribution in [-0.4, -0.2) is 24.9 Å². The molecule has 2 rings (SSSR count). The van der Waals surface area contributed by atoms with Crippen LogP contribution in [0.4, 0.5) is 0 Å². The summed E-state index contributed by atoms with van der Waals surface area (Å²) in [5, 5.41) is 3.45. The van der Waals surface area contributed by atoms with Crippen molar-refractivity contribution in [3.63, 3.8) is 0 Å². The Balaban J connectivity index is 1.75. The molecule has 0 amide bonds. The molecule has 1 fully saturated rings. The van der Waals surface area contributed by atoms with Crippen LogP contribution in [0.1, 0.15) is 57.8 Å². The summed E-state index contributed by atoms with van der Waals surface area (Å²) in [4.78, 5) is 0. The molecule has 0 radical (unpaired) electrons. The van der Waals surface area contributed by atoms with Gasteiger partial charge < -0.3 is 19.2 Å². The minimum atomic E-state index is 0.116. The first kappa shape index (κ1) is 16.5. The molecule has 120 valence electrons. The summed E-state index contributed by atoms with van der Waals surface area (Å²) in [5.74, 6) is 0.903. The average Bonchev–Trinajstić information content (AvgIpc) is 2.90. The van der Waals surface area contributed by atoms with Gasteiger partial charge in [-0.3, -0.25) is 0 Å². The summed E-state index contributed by atoms with van der Waals surface area (Å²) in [6, 6.07) is 2.08. The van der Waals surface area contributed by atoms with Gasteiger partial charge in [0.15, 0.2) is 0 Å². The SMILES string of the molecule is COC1CCCC(OCc2cc(CNC(C)(C)C)co2)C1. The fourth-order valence-corrected chi connectivity index (χ4v) is 2.63. The summed E-state index contributed by atoms with van der Waals surface area (Å²) in [7, 11) is 1.79. The predicted octanol–water partition coefficient (Wildman–Crippen LogP) is 3.64. The highest BCUT2D eigenvalue weighted by Gasteiger charge is 2.22. The predicted molar refractivity (Wildman–Crippen MR) is 83.1 cm³/mol. The number of hydrogen-bond acceptors (Lipinski definition) is 4. The van der Waals surface area contributed by atoms with Crippen molar-refractivity contribution < 1.29 is 13.9 Å². The zero-order chi connectivity index (χ0) is 15.3. The van der Waals surface area contributed by atoms with E-state index in [0.717, 1.165) is 31.6 Å². The Kier molecular flexibility index (Phi) is 5.85. The van der Waals surface area contributed by atoms with E-state index in [1.54, 1.807) is 7.11 Å². The van der Waals surface area contributed by atoms with Gasteiger partial charge in [-0.25, -0.2) is 0 Å². The number of ether oxygens (including phenoxy) is 2. The van der Waals surface area contributed by atoms with Gasteiger partial charge in [-0.05, 0) is 52.5 Å². The summed E-state index contributed by atoms with van der Waals surface area (Å²) < 4.78 is 17.0. The molecule has 4 heteroatoms. The molecule has 1 aromatic rings.